The van der Waals surface area contributed by atoms with Gasteiger partial charge in [0, 0.05) is 0 Å². The minimum Gasteiger partial charge on any atom is -0.238 e. The van der Waals surface area contributed by atoms with E-state index < -0.39 is 5.82 Å². The van der Waals surface area contributed by atoms with E-state index in [1.54, 1.807) is 13.0 Å². The van der Waals surface area contributed by atoms with Gasteiger partial charge in [-0.05, 0) is 6.92 Å². The Morgan fingerprint density at radius 2 is 2.00 bits per heavy atom. The second-order valence-electron chi connectivity index (χ2n) is 2.10. The molecular weight excluding hydrogens is 202 g/mol. The zero-order valence-corrected chi connectivity index (χ0v) is 7.54. The molecule has 62 valence electrons. The molecule has 0 saturated heterocycles. The number of hydrogen-bond acceptors (Lipinski definition) is 2. The number of aryl methyl sites for hydroxylation is 1. The van der Waals surface area contributed by atoms with E-state index in [4.69, 9.17) is 28.5 Å². The maximum absolute atomic E-state index is 12.9. The number of aromatic nitrogens is 1. The molecule has 0 bridgehead atoms. The second-order valence-corrected chi connectivity index (χ2v) is 2.86. The number of hydrogen-bond donors (Lipinski definition) is 0. The maximum Gasteiger partial charge on any atom is 0.179 e. The van der Waals surface area contributed by atoms with Crippen molar-refractivity contribution in [3.8, 4) is 6.07 Å². The number of rotatable bonds is 0. The standard InChI is InChI=1S/C7H3Cl2FN2/c1-3-5(8)6(9)7(10)4(2-11)12-3/h1H3. The molecule has 1 heterocycles. The van der Waals surface area contributed by atoms with E-state index in [2.05, 4.69) is 4.98 Å². The van der Waals surface area contributed by atoms with Crippen molar-refractivity contribution in [1.82, 2.24) is 4.98 Å². The fourth-order valence-corrected chi connectivity index (χ4v) is 1.05. The van der Waals surface area contributed by atoms with Crippen LogP contribution >= 0.6 is 23.2 Å². The van der Waals surface area contributed by atoms with Crippen molar-refractivity contribution in [2.45, 2.75) is 6.92 Å². The zero-order valence-electron chi connectivity index (χ0n) is 6.03. The molecule has 0 atom stereocenters. The summed E-state index contributed by atoms with van der Waals surface area (Å²) in [5.41, 5.74) is 0.0153. The van der Waals surface area contributed by atoms with Crippen LogP contribution in [0.25, 0.3) is 0 Å². The molecule has 5 heteroatoms. The van der Waals surface area contributed by atoms with Gasteiger partial charge >= 0.3 is 0 Å². The molecule has 2 nitrogen and oxygen atoms in total. The topological polar surface area (TPSA) is 36.7 Å². The number of pyridine rings is 1. The number of halogens is 3. The van der Waals surface area contributed by atoms with Gasteiger partial charge < -0.3 is 0 Å². The molecule has 0 radical (unpaired) electrons. The molecule has 1 aromatic heterocycles. The minimum atomic E-state index is -0.866. The van der Waals surface area contributed by atoms with Gasteiger partial charge in [-0.15, -0.1) is 0 Å². The quantitative estimate of drug-likeness (QED) is 0.652. The molecule has 0 aliphatic rings. The Morgan fingerprint density at radius 1 is 1.42 bits per heavy atom. The van der Waals surface area contributed by atoms with E-state index >= 15 is 0 Å². The summed E-state index contributed by atoms with van der Waals surface area (Å²) in [6, 6.07) is 1.57. The Hall–Kier alpha value is -0.850. The van der Waals surface area contributed by atoms with Gasteiger partial charge in [-0.1, -0.05) is 23.2 Å². The minimum absolute atomic E-state index is 0.0492. The van der Waals surface area contributed by atoms with Crippen LogP contribution in [0.4, 0.5) is 4.39 Å². The molecule has 1 aromatic rings. The van der Waals surface area contributed by atoms with Gasteiger partial charge in [0.25, 0.3) is 0 Å². The van der Waals surface area contributed by atoms with Gasteiger partial charge in [0.15, 0.2) is 11.5 Å². The molecule has 0 amide bonds. The van der Waals surface area contributed by atoms with Crippen LogP contribution in [0.3, 0.4) is 0 Å². The lowest BCUT2D eigenvalue weighted by atomic mass is 10.3. The van der Waals surface area contributed by atoms with E-state index in [0.29, 0.717) is 5.69 Å². The van der Waals surface area contributed by atoms with Gasteiger partial charge in [0.05, 0.1) is 15.7 Å². The van der Waals surface area contributed by atoms with Gasteiger partial charge in [-0.3, -0.25) is 0 Å². The zero-order chi connectivity index (χ0) is 9.30. The van der Waals surface area contributed by atoms with Crippen LogP contribution < -0.4 is 0 Å². The van der Waals surface area contributed by atoms with Gasteiger partial charge in [0.2, 0.25) is 0 Å². The summed E-state index contributed by atoms with van der Waals surface area (Å²) in [6.45, 7) is 1.55. The third-order valence-electron chi connectivity index (χ3n) is 1.30. The van der Waals surface area contributed by atoms with Crippen molar-refractivity contribution in [2.24, 2.45) is 0 Å². The predicted molar refractivity (Wildman–Crippen MR) is 43.7 cm³/mol. The summed E-state index contributed by atoms with van der Waals surface area (Å²) in [6.07, 6.45) is 0. The second kappa shape index (κ2) is 3.26. The number of nitrogens with zero attached hydrogens (tertiary/aromatic N) is 2. The smallest absolute Gasteiger partial charge is 0.179 e. The van der Waals surface area contributed by atoms with Crippen LogP contribution in [-0.4, -0.2) is 4.98 Å². The van der Waals surface area contributed by atoms with Crippen LogP contribution in [-0.2, 0) is 0 Å². The monoisotopic (exact) mass is 204 g/mol. The van der Waals surface area contributed by atoms with E-state index in [1.807, 2.05) is 0 Å². The highest BCUT2D eigenvalue weighted by atomic mass is 35.5. The van der Waals surface area contributed by atoms with Crippen molar-refractivity contribution >= 4 is 23.2 Å². The molecular formula is C7H3Cl2FN2. The first-order chi connectivity index (χ1) is 5.57. The van der Waals surface area contributed by atoms with Crippen LogP contribution in [0, 0.1) is 24.1 Å². The fraction of sp³-hybridized carbons (Fsp3) is 0.143. The highest BCUT2D eigenvalue weighted by Gasteiger charge is 2.14. The maximum atomic E-state index is 12.9. The van der Waals surface area contributed by atoms with E-state index in [-0.39, 0.29) is 15.7 Å². The molecule has 0 aromatic carbocycles. The average Bonchev–Trinajstić information content (AvgIpc) is 2.08. The number of nitriles is 1. The molecule has 0 aliphatic heterocycles. The molecule has 0 aliphatic carbocycles. The third kappa shape index (κ3) is 1.36. The third-order valence-corrected chi connectivity index (χ3v) is 2.21. The fourth-order valence-electron chi connectivity index (χ4n) is 0.699. The first-order valence-electron chi connectivity index (χ1n) is 2.99. The first-order valence-corrected chi connectivity index (χ1v) is 3.74. The Kier molecular flexibility index (Phi) is 2.51. The molecule has 0 unspecified atom stereocenters. The summed E-state index contributed by atoms with van der Waals surface area (Å²) in [5, 5.41) is 8.20. The average molecular weight is 205 g/mol. The van der Waals surface area contributed by atoms with Gasteiger partial charge in [-0.2, -0.15) is 5.26 Å². The summed E-state index contributed by atoms with van der Waals surface area (Å²) in [7, 11) is 0. The summed E-state index contributed by atoms with van der Waals surface area (Å²) < 4.78 is 12.9. The Morgan fingerprint density at radius 3 is 2.50 bits per heavy atom. The lowest BCUT2D eigenvalue weighted by Gasteiger charge is -2.01. The van der Waals surface area contributed by atoms with Crippen molar-refractivity contribution in [3.63, 3.8) is 0 Å². The van der Waals surface area contributed by atoms with E-state index in [0.717, 1.165) is 0 Å². The summed E-state index contributed by atoms with van der Waals surface area (Å²) in [5.74, 6) is -0.866. The summed E-state index contributed by atoms with van der Waals surface area (Å²) >= 11 is 11.0. The molecule has 0 spiro atoms. The Labute approximate surface area is 78.5 Å². The van der Waals surface area contributed by atoms with Crippen LogP contribution in [0.15, 0.2) is 0 Å². The van der Waals surface area contributed by atoms with Crippen molar-refractivity contribution in [1.29, 1.82) is 5.26 Å². The highest BCUT2D eigenvalue weighted by molar-refractivity contribution is 6.42. The lowest BCUT2D eigenvalue weighted by Crippen LogP contribution is -1.95. The Bertz CT molecular complexity index is 371. The van der Waals surface area contributed by atoms with Crippen LogP contribution in [0.5, 0.6) is 0 Å². The predicted octanol–water partition coefficient (Wildman–Crippen LogP) is 2.71. The van der Waals surface area contributed by atoms with Gasteiger partial charge in [0.1, 0.15) is 6.07 Å². The normalized spacial score (nSPS) is 9.58. The highest BCUT2D eigenvalue weighted by Crippen LogP contribution is 2.28. The SMILES string of the molecule is Cc1nc(C#N)c(F)c(Cl)c1Cl. The van der Waals surface area contributed by atoms with E-state index in [1.165, 1.54) is 0 Å². The van der Waals surface area contributed by atoms with Crippen molar-refractivity contribution in [2.75, 3.05) is 0 Å². The van der Waals surface area contributed by atoms with Crippen molar-refractivity contribution < 1.29 is 4.39 Å². The molecule has 12 heavy (non-hydrogen) atoms. The van der Waals surface area contributed by atoms with E-state index in [9.17, 15) is 4.39 Å². The first kappa shape index (κ1) is 9.24. The largest absolute Gasteiger partial charge is 0.238 e. The van der Waals surface area contributed by atoms with Crippen LogP contribution in [0.1, 0.15) is 11.4 Å². The molecule has 1 rings (SSSR count). The molecule has 0 fully saturated rings. The van der Waals surface area contributed by atoms with Gasteiger partial charge in [-0.25, -0.2) is 9.37 Å². The molecule has 0 N–H and O–H groups in total. The summed E-state index contributed by atoms with van der Waals surface area (Å²) in [4.78, 5) is 3.60. The van der Waals surface area contributed by atoms with Crippen LogP contribution in [0.2, 0.25) is 10.0 Å². The lowest BCUT2D eigenvalue weighted by molar-refractivity contribution is 0.616. The Balaban J connectivity index is 3.52. The van der Waals surface area contributed by atoms with Crippen molar-refractivity contribution in [3.05, 3.63) is 27.3 Å². The molecule has 0 saturated carbocycles.